The van der Waals surface area contributed by atoms with Crippen LogP contribution in [0.5, 0.6) is 0 Å². The molecular formula is C16H26FN3S. The lowest BCUT2D eigenvalue weighted by Gasteiger charge is -2.18. The highest BCUT2D eigenvalue weighted by molar-refractivity contribution is 7.98. The van der Waals surface area contributed by atoms with Gasteiger partial charge in [-0.25, -0.2) is 4.39 Å². The van der Waals surface area contributed by atoms with E-state index in [9.17, 15) is 4.39 Å². The van der Waals surface area contributed by atoms with Crippen LogP contribution in [0.15, 0.2) is 23.2 Å². The molecule has 2 N–H and O–H groups in total. The first kappa shape index (κ1) is 17.8. The van der Waals surface area contributed by atoms with E-state index in [1.807, 2.05) is 24.8 Å². The molecule has 0 amide bonds. The quantitative estimate of drug-likeness (QED) is 0.460. The first-order valence-corrected chi connectivity index (χ1v) is 8.70. The molecule has 118 valence electrons. The lowest BCUT2D eigenvalue weighted by Crippen LogP contribution is -2.39. The lowest BCUT2D eigenvalue weighted by atomic mass is 10.1. The summed E-state index contributed by atoms with van der Waals surface area (Å²) in [6, 6.07) is 5.35. The van der Waals surface area contributed by atoms with Gasteiger partial charge in [0.15, 0.2) is 5.96 Å². The second kappa shape index (κ2) is 9.66. The predicted octanol–water partition coefficient (Wildman–Crippen LogP) is 3.50. The van der Waals surface area contributed by atoms with Crippen molar-refractivity contribution in [3.05, 3.63) is 35.1 Å². The van der Waals surface area contributed by atoms with Gasteiger partial charge in [-0.05, 0) is 55.9 Å². The minimum Gasteiger partial charge on any atom is -0.356 e. The summed E-state index contributed by atoms with van der Waals surface area (Å²) in [5.41, 5.74) is 1.59. The molecule has 1 unspecified atom stereocenters. The maximum absolute atomic E-state index is 13.6. The van der Waals surface area contributed by atoms with Crippen LogP contribution in [0, 0.1) is 12.7 Å². The van der Waals surface area contributed by atoms with Crippen LogP contribution in [0.4, 0.5) is 4.39 Å². The second-order valence-electron chi connectivity index (χ2n) is 5.07. The molecule has 0 spiro atoms. The third-order valence-electron chi connectivity index (χ3n) is 3.34. The van der Waals surface area contributed by atoms with Crippen LogP contribution in [0.25, 0.3) is 0 Å². The van der Waals surface area contributed by atoms with E-state index in [4.69, 9.17) is 0 Å². The summed E-state index contributed by atoms with van der Waals surface area (Å²) in [5.74, 6) is 1.78. The Morgan fingerprint density at radius 1 is 1.38 bits per heavy atom. The molecule has 0 fully saturated rings. The van der Waals surface area contributed by atoms with Gasteiger partial charge in [0.1, 0.15) is 5.82 Å². The highest BCUT2D eigenvalue weighted by Crippen LogP contribution is 2.16. The molecule has 0 radical (unpaired) electrons. The summed E-state index contributed by atoms with van der Waals surface area (Å²) < 4.78 is 13.6. The number of halogens is 1. The van der Waals surface area contributed by atoms with E-state index in [1.54, 1.807) is 26.1 Å². The van der Waals surface area contributed by atoms with Crippen LogP contribution < -0.4 is 10.6 Å². The minimum absolute atomic E-state index is 0.0116. The molecule has 0 aliphatic heterocycles. The molecule has 1 aromatic rings. The Bertz CT molecular complexity index is 463. The Morgan fingerprint density at radius 2 is 2.14 bits per heavy atom. The van der Waals surface area contributed by atoms with Gasteiger partial charge in [0.05, 0.1) is 6.04 Å². The summed E-state index contributed by atoms with van der Waals surface area (Å²) >= 11 is 1.87. The van der Waals surface area contributed by atoms with Crippen molar-refractivity contribution in [3.8, 4) is 0 Å². The average Bonchev–Trinajstić information content (AvgIpc) is 2.48. The maximum atomic E-state index is 13.6. The van der Waals surface area contributed by atoms with Crippen LogP contribution in [-0.2, 0) is 0 Å². The molecule has 0 aliphatic carbocycles. The molecule has 3 nitrogen and oxygen atoms in total. The molecule has 21 heavy (non-hydrogen) atoms. The monoisotopic (exact) mass is 311 g/mol. The maximum Gasteiger partial charge on any atom is 0.191 e. The third kappa shape index (κ3) is 6.38. The molecule has 1 aromatic carbocycles. The van der Waals surface area contributed by atoms with E-state index in [0.29, 0.717) is 5.56 Å². The highest BCUT2D eigenvalue weighted by atomic mass is 32.2. The van der Waals surface area contributed by atoms with Crippen LogP contribution in [-0.4, -0.2) is 31.6 Å². The van der Waals surface area contributed by atoms with Crippen LogP contribution in [0.1, 0.15) is 36.9 Å². The highest BCUT2D eigenvalue weighted by Gasteiger charge is 2.09. The van der Waals surface area contributed by atoms with E-state index in [2.05, 4.69) is 21.9 Å². The molecule has 0 heterocycles. The zero-order valence-corrected chi connectivity index (χ0v) is 14.2. The van der Waals surface area contributed by atoms with Gasteiger partial charge in [-0.1, -0.05) is 12.1 Å². The van der Waals surface area contributed by atoms with Crippen molar-refractivity contribution in [2.45, 2.75) is 32.7 Å². The van der Waals surface area contributed by atoms with Crippen molar-refractivity contribution in [1.29, 1.82) is 0 Å². The topological polar surface area (TPSA) is 36.4 Å². The summed E-state index contributed by atoms with van der Waals surface area (Å²) in [6.45, 7) is 4.67. The summed E-state index contributed by atoms with van der Waals surface area (Å²) in [5, 5.41) is 6.58. The summed E-state index contributed by atoms with van der Waals surface area (Å²) in [6.07, 6.45) is 4.44. The third-order valence-corrected chi connectivity index (χ3v) is 4.04. The summed E-state index contributed by atoms with van der Waals surface area (Å²) in [4.78, 5) is 4.21. The smallest absolute Gasteiger partial charge is 0.191 e. The van der Waals surface area contributed by atoms with Crippen LogP contribution in [0.3, 0.4) is 0 Å². The minimum atomic E-state index is -0.166. The fourth-order valence-electron chi connectivity index (χ4n) is 1.94. The fraction of sp³-hybridized carbons (Fsp3) is 0.562. The van der Waals surface area contributed by atoms with E-state index >= 15 is 0 Å². The fourth-order valence-corrected chi connectivity index (χ4v) is 2.43. The molecule has 0 aromatic heterocycles. The number of hydrogen-bond donors (Lipinski definition) is 2. The normalized spacial score (nSPS) is 13.1. The van der Waals surface area contributed by atoms with E-state index in [-0.39, 0.29) is 11.9 Å². The SMILES string of the molecule is CN=C(NCCCCSC)NC(C)c1ccc(C)c(F)c1. The number of benzene rings is 1. The van der Waals surface area contributed by atoms with Gasteiger partial charge in [0, 0.05) is 13.6 Å². The van der Waals surface area contributed by atoms with Gasteiger partial charge < -0.3 is 10.6 Å². The Hall–Kier alpha value is -1.23. The Balaban J connectivity index is 2.47. The molecule has 0 aliphatic rings. The van der Waals surface area contributed by atoms with Gasteiger partial charge >= 0.3 is 0 Å². The van der Waals surface area contributed by atoms with Crippen LogP contribution in [0.2, 0.25) is 0 Å². The van der Waals surface area contributed by atoms with Crippen molar-refractivity contribution in [2.24, 2.45) is 4.99 Å². The van der Waals surface area contributed by atoms with Gasteiger partial charge in [0.2, 0.25) is 0 Å². The van der Waals surface area contributed by atoms with Crippen LogP contribution >= 0.6 is 11.8 Å². The molecule has 0 bridgehead atoms. The average molecular weight is 311 g/mol. The number of nitrogens with one attached hydrogen (secondary N) is 2. The number of aryl methyl sites for hydroxylation is 1. The van der Waals surface area contributed by atoms with Gasteiger partial charge in [-0.2, -0.15) is 11.8 Å². The molecular weight excluding hydrogens is 285 g/mol. The van der Waals surface area contributed by atoms with Crippen molar-refractivity contribution in [2.75, 3.05) is 25.6 Å². The number of hydrogen-bond acceptors (Lipinski definition) is 2. The number of unbranched alkanes of at least 4 members (excludes halogenated alkanes) is 1. The van der Waals surface area contributed by atoms with E-state index < -0.39 is 0 Å². The van der Waals surface area contributed by atoms with Crippen molar-refractivity contribution < 1.29 is 4.39 Å². The number of nitrogens with zero attached hydrogens (tertiary/aromatic N) is 1. The molecule has 1 atom stereocenters. The summed E-state index contributed by atoms with van der Waals surface area (Å²) in [7, 11) is 1.75. The Labute approximate surface area is 131 Å². The van der Waals surface area contributed by atoms with E-state index in [1.165, 1.54) is 12.2 Å². The first-order chi connectivity index (χ1) is 10.1. The zero-order chi connectivity index (χ0) is 15.7. The zero-order valence-electron chi connectivity index (χ0n) is 13.4. The molecule has 0 saturated carbocycles. The van der Waals surface area contributed by atoms with Crippen molar-refractivity contribution in [3.63, 3.8) is 0 Å². The largest absolute Gasteiger partial charge is 0.356 e. The van der Waals surface area contributed by atoms with E-state index in [0.717, 1.165) is 24.5 Å². The second-order valence-corrected chi connectivity index (χ2v) is 6.06. The van der Waals surface area contributed by atoms with Crippen molar-refractivity contribution in [1.82, 2.24) is 10.6 Å². The molecule has 5 heteroatoms. The number of rotatable bonds is 7. The Kier molecular flexibility index (Phi) is 8.20. The van der Waals surface area contributed by atoms with Crippen molar-refractivity contribution >= 4 is 17.7 Å². The number of thioether (sulfide) groups is 1. The standard InChI is InChI=1S/C16H26FN3S/c1-12-7-8-14(11-15(12)17)13(2)20-16(18-3)19-9-5-6-10-21-4/h7-8,11,13H,5-6,9-10H2,1-4H3,(H2,18,19,20). The lowest BCUT2D eigenvalue weighted by molar-refractivity contribution is 0.607. The van der Waals surface area contributed by atoms with Gasteiger partial charge in [0.25, 0.3) is 0 Å². The Morgan fingerprint density at radius 3 is 2.76 bits per heavy atom. The number of aliphatic imine (C=N–C) groups is 1. The number of guanidine groups is 1. The molecule has 0 saturated heterocycles. The molecule has 1 rings (SSSR count). The van der Waals surface area contributed by atoms with Gasteiger partial charge in [-0.3, -0.25) is 4.99 Å². The van der Waals surface area contributed by atoms with Gasteiger partial charge in [-0.15, -0.1) is 0 Å². The predicted molar refractivity (Wildman–Crippen MR) is 91.7 cm³/mol. The first-order valence-electron chi connectivity index (χ1n) is 7.30.